The fraction of sp³-hybridized carbons (Fsp3) is 0.600. The summed E-state index contributed by atoms with van der Waals surface area (Å²) in [6.45, 7) is 5.46. The van der Waals surface area contributed by atoms with E-state index in [0.717, 1.165) is 24.4 Å². The molecule has 0 radical (unpaired) electrons. The van der Waals surface area contributed by atoms with Gasteiger partial charge in [0.05, 0.1) is 24.2 Å². The van der Waals surface area contributed by atoms with Crippen LogP contribution in [0.1, 0.15) is 31.2 Å². The summed E-state index contributed by atoms with van der Waals surface area (Å²) in [4.78, 5) is 8.32. The molecule has 0 saturated heterocycles. The maximum Gasteiger partial charge on any atom is 0.0903 e. The Labute approximate surface area is 79.2 Å². The van der Waals surface area contributed by atoms with Crippen molar-refractivity contribution in [1.82, 2.24) is 9.97 Å². The van der Waals surface area contributed by atoms with Crippen LogP contribution < -0.4 is 0 Å². The van der Waals surface area contributed by atoms with E-state index in [2.05, 4.69) is 16.9 Å². The van der Waals surface area contributed by atoms with Gasteiger partial charge in [0.25, 0.3) is 0 Å². The summed E-state index contributed by atoms with van der Waals surface area (Å²) < 4.78 is 5.40. The Morgan fingerprint density at radius 2 is 2.15 bits per heavy atom. The van der Waals surface area contributed by atoms with Crippen LogP contribution >= 0.6 is 0 Å². The highest BCUT2D eigenvalue weighted by Crippen LogP contribution is 1.97. The van der Waals surface area contributed by atoms with Crippen molar-refractivity contribution in [2.24, 2.45) is 0 Å². The summed E-state index contributed by atoms with van der Waals surface area (Å²) in [7, 11) is 0. The second-order valence-electron chi connectivity index (χ2n) is 3.06. The number of hydrogen-bond donors (Lipinski definition) is 0. The van der Waals surface area contributed by atoms with Crippen LogP contribution in [0.25, 0.3) is 0 Å². The van der Waals surface area contributed by atoms with Gasteiger partial charge in [0.15, 0.2) is 0 Å². The summed E-state index contributed by atoms with van der Waals surface area (Å²) in [6, 6.07) is 0. The van der Waals surface area contributed by atoms with Gasteiger partial charge in [-0.3, -0.25) is 9.97 Å². The molecule has 0 fully saturated rings. The SMILES string of the molecule is CCCCOCc1cnc(C)cn1. The lowest BCUT2D eigenvalue weighted by Gasteiger charge is -2.01. The van der Waals surface area contributed by atoms with E-state index >= 15 is 0 Å². The van der Waals surface area contributed by atoms with E-state index in [4.69, 9.17) is 4.74 Å². The highest BCUT2D eigenvalue weighted by molar-refractivity contribution is 4.99. The van der Waals surface area contributed by atoms with Crippen molar-refractivity contribution in [2.75, 3.05) is 6.61 Å². The molecular weight excluding hydrogens is 164 g/mol. The summed E-state index contributed by atoms with van der Waals surface area (Å²) in [5.74, 6) is 0. The molecule has 0 aromatic carbocycles. The lowest BCUT2D eigenvalue weighted by atomic mass is 10.4. The topological polar surface area (TPSA) is 35.0 Å². The molecule has 0 aliphatic heterocycles. The molecule has 3 heteroatoms. The minimum Gasteiger partial charge on any atom is -0.375 e. The van der Waals surface area contributed by atoms with Crippen molar-refractivity contribution in [2.45, 2.75) is 33.3 Å². The first kappa shape index (κ1) is 10.1. The molecule has 1 aromatic heterocycles. The van der Waals surface area contributed by atoms with E-state index in [9.17, 15) is 0 Å². The van der Waals surface area contributed by atoms with Crippen molar-refractivity contribution in [3.8, 4) is 0 Å². The number of rotatable bonds is 5. The average Bonchev–Trinajstić information content (AvgIpc) is 2.15. The van der Waals surface area contributed by atoms with Crippen LogP contribution in [0, 0.1) is 6.92 Å². The van der Waals surface area contributed by atoms with E-state index in [1.54, 1.807) is 12.4 Å². The van der Waals surface area contributed by atoms with Crippen molar-refractivity contribution in [3.63, 3.8) is 0 Å². The molecule has 0 spiro atoms. The van der Waals surface area contributed by atoms with E-state index in [1.165, 1.54) is 6.42 Å². The Bertz CT molecular complexity index is 233. The van der Waals surface area contributed by atoms with Crippen LogP contribution in [0.5, 0.6) is 0 Å². The lowest BCUT2D eigenvalue weighted by Crippen LogP contribution is -1.98. The normalized spacial score (nSPS) is 10.3. The molecule has 0 aliphatic rings. The first-order valence-electron chi connectivity index (χ1n) is 4.68. The molecule has 0 aliphatic carbocycles. The summed E-state index contributed by atoms with van der Waals surface area (Å²) in [6.07, 6.45) is 5.80. The Hall–Kier alpha value is -0.960. The Balaban J connectivity index is 2.25. The van der Waals surface area contributed by atoms with E-state index in [-0.39, 0.29) is 0 Å². The largest absolute Gasteiger partial charge is 0.375 e. The highest BCUT2D eigenvalue weighted by atomic mass is 16.5. The van der Waals surface area contributed by atoms with E-state index in [1.807, 2.05) is 6.92 Å². The fourth-order valence-corrected chi connectivity index (χ4v) is 0.917. The van der Waals surface area contributed by atoms with Crippen LogP contribution in [0.15, 0.2) is 12.4 Å². The molecule has 1 heterocycles. The van der Waals surface area contributed by atoms with Crippen LogP contribution in [0.2, 0.25) is 0 Å². The number of nitrogens with zero attached hydrogens (tertiary/aromatic N) is 2. The standard InChI is InChI=1S/C10H16N2O/c1-3-4-5-13-8-10-7-11-9(2)6-12-10/h6-7H,3-5,8H2,1-2H3. The second kappa shape index (κ2) is 5.65. The van der Waals surface area contributed by atoms with Crippen molar-refractivity contribution < 1.29 is 4.74 Å². The number of unbranched alkanes of at least 4 members (excludes halogenated alkanes) is 1. The van der Waals surface area contributed by atoms with Crippen LogP contribution in [-0.4, -0.2) is 16.6 Å². The van der Waals surface area contributed by atoms with Crippen LogP contribution in [0.4, 0.5) is 0 Å². The zero-order chi connectivity index (χ0) is 9.52. The molecule has 0 amide bonds. The first-order chi connectivity index (χ1) is 6.33. The molecule has 72 valence electrons. The number of ether oxygens (including phenoxy) is 1. The third kappa shape index (κ3) is 3.99. The van der Waals surface area contributed by atoms with Gasteiger partial charge >= 0.3 is 0 Å². The zero-order valence-corrected chi connectivity index (χ0v) is 8.29. The third-order valence-corrected chi connectivity index (χ3v) is 1.73. The van der Waals surface area contributed by atoms with Crippen molar-refractivity contribution in [1.29, 1.82) is 0 Å². The van der Waals surface area contributed by atoms with Crippen LogP contribution in [0.3, 0.4) is 0 Å². The zero-order valence-electron chi connectivity index (χ0n) is 8.29. The van der Waals surface area contributed by atoms with Gasteiger partial charge < -0.3 is 4.74 Å². The van der Waals surface area contributed by atoms with Crippen LogP contribution in [-0.2, 0) is 11.3 Å². The van der Waals surface area contributed by atoms with Gasteiger partial charge in [-0.05, 0) is 13.3 Å². The molecule has 1 rings (SSSR count). The van der Waals surface area contributed by atoms with E-state index < -0.39 is 0 Å². The predicted octanol–water partition coefficient (Wildman–Crippen LogP) is 2.10. The van der Waals surface area contributed by atoms with Crippen molar-refractivity contribution in [3.05, 3.63) is 23.8 Å². The minimum atomic E-state index is 0.577. The molecule has 13 heavy (non-hydrogen) atoms. The van der Waals surface area contributed by atoms with Gasteiger partial charge in [-0.1, -0.05) is 13.3 Å². The van der Waals surface area contributed by atoms with Gasteiger partial charge in [-0.15, -0.1) is 0 Å². The molecule has 0 N–H and O–H groups in total. The molecule has 0 saturated carbocycles. The molecular formula is C10H16N2O. The molecule has 3 nitrogen and oxygen atoms in total. The molecule has 1 aromatic rings. The number of hydrogen-bond acceptors (Lipinski definition) is 3. The van der Waals surface area contributed by atoms with Gasteiger partial charge in [-0.25, -0.2) is 0 Å². The second-order valence-corrected chi connectivity index (χ2v) is 3.06. The first-order valence-corrected chi connectivity index (χ1v) is 4.68. The minimum absolute atomic E-state index is 0.577. The summed E-state index contributed by atoms with van der Waals surface area (Å²) in [5, 5.41) is 0. The van der Waals surface area contributed by atoms with Gasteiger partial charge in [-0.2, -0.15) is 0 Å². The maximum atomic E-state index is 5.40. The molecule has 0 bridgehead atoms. The molecule has 0 atom stereocenters. The summed E-state index contributed by atoms with van der Waals surface area (Å²) >= 11 is 0. The quantitative estimate of drug-likeness (QED) is 0.651. The number of aryl methyl sites for hydroxylation is 1. The van der Waals surface area contributed by atoms with Gasteiger partial charge in [0.2, 0.25) is 0 Å². The van der Waals surface area contributed by atoms with Crippen molar-refractivity contribution >= 4 is 0 Å². The maximum absolute atomic E-state index is 5.40. The summed E-state index contributed by atoms with van der Waals surface area (Å²) in [5.41, 5.74) is 1.85. The Morgan fingerprint density at radius 3 is 2.77 bits per heavy atom. The third-order valence-electron chi connectivity index (χ3n) is 1.73. The monoisotopic (exact) mass is 180 g/mol. The highest BCUT2D eigenvalue weighted by Gasteiger charge is 1.94. The Morgan fingerprint density at radius 1 is 1.31 bits per heavy atom. The predicted molar refractivity (Wildman–Crippen MR) is 51.3 cm³/mol. The Kier molecular flexibility index (Phi) is 4.40. The van der Waals surface area contributed by atoms with Gasteiger partial charge in [0, 0.05) is 12.8 Å². The van der Waals surface area contributed by atoms with E-state index in [0.29, 0.717) is 6.61 Å². The van der Waals surface area contributed by atoms with Gasteiger partial charge in [0.1, 0.15) is 0 Å². The lowest BCUT2D eigenvalue weighted by molar-refractivity contribution is 0.115. The average molecular weight is 180 g/mol. The number of aromatic nitrogens is 2. The molecule has 0 unspecified atom stereocenters. The smallest absolute Gasteiger partial charge is 0.0903 e. The fourth-order valence-electron chi connectivity index (χ4n) is 0.917.